The molecular weight excluding hydrogens is 496 g/mol. The van der Waals surface area contributed by atoms with E-state index in [0.717, 1.165) is 29.1 Å². The van der Waals surface area contributed by atoms with Crippen molar-refractivity contribution in [1.82, 2.24) is 19.9 Å². The summed E-state index contributed by atoms with van der Waals surface area (Å²) in [6, 6.07) is 14.8. The molecular formula is C29H28N6O4. The maximum absolute atomic E-state index is 12.6. The summed E-state index contributed by atoms with van der Waals surface area (Å²) in [5, 5.41) is 6.79. The summed E-state index contributed by atoms with van der Waals surface area (Å²) in [6.07, 6.45) is 4.47. The number of carbonyl (C=O) groups is 2. The fourth-order valence-electron chi connectivity index (χ4n) is 4.35. The van der Waals surface area contributed by atoms with Gasteiger partial charge in [0.15, 0.2) is 6.23 Å². The Bertz CT molecular complexity index is 1540. The van der Waals surface area contributed by atoms with Gasteiger partial charge in [-0.2, -0.15) is 0 Å². The van der Waals surface area contributed by atoms with Crippen LogP contribution in [0.2, 0.25) is 0 Å². The summed E-state index contributed by atoms with van der Waals surface area (Å²) in [4.78, 5) is 39.1. The molecule has 1 aliphatic heterocycles. The Morgan fingerprint density at radius 3 is 2.67 bits per heavy atom. The summed E-state index contributed by atoms with van der Waals surface area (Å²) in [5.74, 6) is 1.70. The molecule has 2 aromatic carbocycles. The maximum Gasteiger partial charge on any atom is 0.413 e. The van der Waals surface area contributed by atoms with Crippen LogP contribution in [0, 0.1) is 13.8 Å². The van der Waals surface area contributed by atoms with Crippen LogP contribution in [0.5, 0.6) is 11.5 Å². The molecule has 2 amide bonds. The van der Waals surface area contributed by atoms with E-state index in [1.165, 1.54) is 17.3 Å². The van der Waals surface area contributed by atoms with E-state index in [2.05, 4.69) is 32.2 Å². The van der Waals surface area contributed by atoms with E-state index >= 15 is 0 Å². The smallest absolute Gasteiger partial charge is 0.413 e. The van der Waals surface area contributed by atoms with E-state index < -0.39 is 12.3 Å². The van der Waals surface area contributed by atoms with Crippen molar-refractivity contribution >= 4 is 40.1 Å². The number of carbonyl (C=O) groups excluding carboxylic acids is 2. The maximum atomic E-state index is 12.6. The van der Waals surface area contributed by atoms with E-state index in [4.69, 9.17) is 9.47 Å². The predicted octanol–water partition coefficient (Wildman–Crippen LogP) is 5.86. The Kier molecular flexibility index (Phi) is 7.35. The minimum absolute atomic E-state index is 0.258. The van der Waals surface area contributed by atoms with Crippen LogP contribution in [0.15, 0.2) is 73.7 Å². The van der Waals surface area contributed by atoms with E-state index in [-0.39, 0.29) is 5.91 Å². The molecule has 1 atom stereocenters. The summed E-state index contributed by atoms with van der Waals surface area (Å²) in [6.45, 7) is 7.92. The lowest BCUT2D eigenvalue weighted by Crippen LogP contribution is -2.38. The lowest BCUT2D eigenvalue weighted by Gasteiger charge is -2.23. The highest BCUT2D eigenvalue weighted by Gasteiger charge is 2.30. The van der Waals surface area contributed by atoms with Crippen molar-refractivity contribution in [3.8, 4) is 11.5 Å². The van der Waals surface area contributed by atoms with Gasteiger partial charge in [0.05, 0.1) is 11.7 Å². The molecule has 4 aromatic rings. The minimum atomic E-state index is -0.649. The van der Waals surface area contributed by atoms with Crippen molar-refractivity contribution in [3.63, 3.8) is 0 Å². The Balaban J connectivity index is 1.30. The highest BCUT2D eigenvalue weighted by Crippen LogP contribution is 2.30. The van der Waals surface area contributed by atoms with Crippen LogP contribution in [0.25, 0.3) is 10.9 Å². The zero-order valence-electron chi connectivity index (χ0n) is 21.7. The number of likely N-dealkylation sites (tertiary alicyclic amines) is 1. The molecule has 10 nitrogen and oxygen atoms in total. The Morgan fingerprint density at radius 2 is 1.90 bits per heavy atom. The molecule has 1 aliphatic rings. The number of rotatable bonds is 7. The van der Waals surface area contributed by atoms with Gasteiger partial charge in [-0.05, 0) is 80.4 Å². The van der Waals surface area contributed by atoms with Gasteiger partial charge >= 0.3 is 6.09 Å². The van der Waals surface area contributed by atoms with Crippen LogP contribution in [0.1, 0.15) is 24.1 Å². The molecule has 0 unspecified atom stereocenters. The molecule has 1 fully saturated rings. The molecule has 2 N–H and O–H groups in total. The van der Waals surface area contributed by atoms with Gasteiger partial charge in [0.25, 0.3) is 0 Å². The molecule has 39 heavy (non-hydrogen) atoms. The lowest BCUT2D eigenvalue weighted by atomic mass is 10.1. The first kappa shape index (κ1) is 25.7. The van der Waals surface area contributed by atoms with Gasteiger partial charge in [0.1, 0.15) is 23.6 Å². The third-order valence-electron chi connectivity index (χ3n) is 6.33. The standard InChI is InChI=1S/C29H28N6O4/c1-4-26(36)35-13-5-6-27(35)39-29(37)34-21-8-11-24-23(15-21)28(32-17-31-24)33-20-9-12-25(18(2)14-20)38-22-10-7-19(3)30-16-22/h4,7-12,14-17,27H,1,5-6,13H2,2-3H3,(H,34,37)(H,31,32,33)/t27-/m0/s1. The number of amides is 2. The number of fused-ring (bicyclic) bond motifs is 1. The van der Waals surface area contributed by atoms with Crippen molar-refractivity contribution in [1.29, 1.82) is 0 Å². The number of aryl methyl sites for hydroxylation is 2. The van der Waals surface area contributed by atoms with Crippen LogP contribution in [0.3, 0.4) is 0 Å². The molecule has 0 spiro atoms. The average Bonchev–Trinajstić information content (AvgIpc) is 3.39. The number of pyridine rings is 1. The van der Waals surface area contributed by atoms with Crippen LogP contribution in [0.4, 0.5) is 22.0 Å². The van der Waals surface area contributed by atoms with E-state index in [1.807, 2.05) is 44.2 Å². The third kappa shape index (κ3) is 5.96. The van der Waals surface area contributed by atoms with Gasteiger partial charge in [-0.15, -0.1) is 0 Å². The summed E-state index contributed by atoms with van der Waals surface area (Å²) < 4.78 is 11.5. The van der Waals surface area contributed by atoms with E-state index in [1.54, 1.807) is 24.4 Å². The predicted molar refractivity (Wildman–Crippen MR) is 148 cm³/mol. The zero-order valence-corrected chi connectivity index (χ0v) is 21.7. The van der Waals surface area contributed by atoms with Crippen LogP contribution < -0.4 is 15.4 Å². The van der Waals surface area contributed by atoms with Crippen molar-refractivity contribution in [2.45, 2.75) is 32.9 Å². The molecule has 2 aromatic heterocycles. The molecule has 0 saturated carbocycles. The fourth-order valence-corrected chi connectivity index (χ4v) is 4.35. The van der Waals surface area contributed by atoms with Gasteiger partial charge in [0.2, 0.25) is 5.91 Å². The first-order valence-electron chi connectivity index (χ1n) is 12.5. The third-order valence-corrected chi connectivity index (χ3v) is 6.33. The number of aromatic nitrogens is 3. The number of benzene rings is 2. The molecule has 198 valence electrons. The molecule has 5 rings (SSSR count). The number of ether oxygens (including phenoxy) is 2. The molecule has 0 bridgehead atoms. The largest absolute Gasteiger partial charge is 0.455 e. The molecule has 3 heterocycles. The number of anilines is 3. The second-order valence-corrected chi connectivity index (χ2v) is 9.16. The summed E-state index contributed by atoms with van der Waals surface area (Å²) in [7, 11) is 0. The second-order valence-electron chi connectivity index (χ2n) is 9.16. The number of hydrogen-bond acceptors (Lipinski definition) is 8. The van der Waals surface area contributed by atoms with Crippen LogP contribution in [-0.4, -0.2) is 44.6 Å². The van der Waals surface area contributed by atoms with Crippen LogP contribution in [-0.2, 0) is 9.53 Å². The highest BCUT2D eigenvalue weighted by molar-refractivity contribution is 5.95. The second kappa shape index (κ2) is 11.2. The Morgan fingerprint density at radius 1 is 1.05 bits per heavy atom. The summed E-state index contributed by atoms with van der Waals surface area (Å²) >= 11 is 0. The SMILES string of the molecule is C=CC(=O)N1CCC[C@@H]1OC(=O)Nc1ccc2ncnc(Nc3ccc(Oc4ccc(C)nc4)c(C)c3)c2c1. The molecule has 1 saturated heterocycles. The van der Waals surface area contributed by atoms with Crippen molar-refractivity contribution in [2.75, 3.05) is 17.2 Å². The Labute approximate surface area is 225 Å². The topological polar surface area (TPSA) is 119 Å². The fraction of sp³-hybridized carbons (Fsp3) is 0.207. The van der Waals surface area contributed by atoms with Crippen molar-refractivity contribution in [3.05, 3.63) is 85.0 Å². The van der Waals surface area contributed by atoms with Crippen molar-refractivity contribution in [2.24, 2.45) is 0 Å². The first-order chi connectivity index (χ1) is 18.9. The van der Waals surface area contributed by atoms with Crippen LogP contribution >= 0.6 is 0 Å². The molecule has 10 heteroatoms. The van der Waals surface area contributed by atoms with Gasteiger partial charge in [0, 0.05) is 35.4 Å². The monoisotopic (exact) mass is 524 g/mol. The highest BCUT2D eigenvalue weighted by atomic mass is 16.6. The van der Waals surface area contributed by atoms with Gasteiger partial charge in [-0.1, -0.05) is 6.58 Å². The quantitative estimate of drug-likeness (QED) is 0.289. The van der Waals surface area contributed by atoms with Gasteiger partial charge in [-0.25, -0.2) is 14.8 Å². The lowest BCUT2D eigenvalue weighted by molar-refractivity contribution is -0.132. The number of nitrogens with zero attached hydrogens (tertiary/aromatic N) is 4. The average molecular weight is 525 g/mol. The number of nitrogens with one attached hydrogen (secondary N) is 2. The number of hydrogen-bond donors (Lipinski definition) is 2. The van der Waals surface area contributed by atoms with E-state index in [0.29, 0.717) is 41.1 Å². The van der Waals surface area contributed by atoms with Gasteiger partial charge in [-0.3, -0.25) is 15.1 Å². The summed E-state index contributed by atoms with van der Waals surface area (Å²) in [5.41, 5.74) is 3.88. The Hall–Kier alpha value is -4.99. The van der Waals surface area contributed by atoms with Crippen molar-refractivity contribution < 1.29 is 19.1 Å². The van der Waals surface area contributed by atoms with Gasteiger partial charge < -0.3 is 19.7 Å². The van der Waals surface area contributed by atoms with E-state index in [9.17, 15) is 9.59 Å². The first-order valence-corrected chi connectivity index (χ1v) is 12.5. The molecule has 0 aliphatic carbocycles. The minimum Gasteiger partial charge on any atom is -0.455 e. The zero-order chi connectivity index (χ0) is 27.4. The molecule has 0 radical (unpaired) electrons. The normalized spacial score (nSPS) is 14.6.